The van der Waals surface area contributed by atoms with Crippen molar-refractivity contribution in [3.8, 4) is 0 Å². The summed E-state index contributed by atoms with van der Waals surface area (Å²) in [5, 5.41) is 0. The smallest absolute Gasteiger partial charge is 0.0147 e. The van der Waals surface area contributed by atoms with E-state index in [1.54, 1.807) is 0 Å². The molecule has 0 spiro atoms. The van der Waals surface area contributed by atoms with Gasteiger partial charge in [0.05, 0.1) is 0 Å². The molecule has 0 atom stereocenters. The highest BCUT2D eigenvalue weighted by Crippen LogP contribution is 2.49. The Bertz CT molecular complexity index is 343. The van der Waals surface area contributed by atoms with Crippen LogP contribution in [0.15, 0.2) is 18.3 Å². The van der Waals surface area contributed by atoms with Crippen LogP contribution in [0, 0.1) is 16.7 Å². The van der Waals surface area contributed by atoms with Crippen LogP contribution in [0.4, 0.5) is 0 Å². The summed E-state index contributed by atoms with van der Waals surface area (Å²) in [7, 11) is 0. The highest BCUT2D eigenvalue weighted by Gasteiger charge is 2.37. The average molecular weight is 247 g/mol. The maximum absolute atomic E-state index is 3.31. The Balaban J connectivity index is 1.82. The first-order chi connectivity index (χ1) is 8.36. The summed E-state index contributed by atoms with van der Waals surface area (Å²) in [6, 6.07) is 4.30. The molecule has 0 aliphatic heterocycles. The number of aromatic amines is 1. The molecule has 1 aromatic heterocycles. The van der Waals surface area contributed by atoms with Gasteiger partial charge in [0.2, 0.25) is 0 Å². The lowest BCUT2D eigenvalue weighted by Crippen LogP contribution is -2.33. The minimum absolute atomic E-state index is 0.541. The van der Waals surface area contributed by atoms with Gasteiger partial charge in [-0.3, -0.25) is 0 Å². The fourth-order valence-corrected chi connectivity index (χ4v) is 4.38. The first-order valence-electron chi connectivity index (χ1n) is 7.49. The third-order valence-corrected chi connectivity index (χ3v) is 4.36. The van der Waals surface area contributed by atoms with Crippen molar-refractivity contribution < 1.29 is 0 Å². The molecule has 0 amide bonds. The van der Waals surface area contributed by atoms with Crippen molar-refractivity contribution in [1.29, 1.82) is 0 Å². The van der Waals surface area contributed by atoms with Crippen molar-refractivity contribution in [2.24, 2.45) is 16.7 Å². The predicted molar refractivity (Wildman–Crippen MR) is 78.6 cm³/mol. The molecule has 1 aliphatic rings. The number of aryl methyl sites for hydroxylation is 1. The lowest BCUT2D eigenvalue weighted by atomic mass is 9.61. The molecule has 1 heteroatoms. The molecular weight excluding hydrogens is 218 g/mol. The predicted octanol–water partition coefficient (Wildman–Crippen LogP) is 5.19. The van der Waals surface area contributed by atoms with E-state index in [4.69, 9.17) is 0 Å². The van der Waals surface area contributed by atoms with Crippen molar-refractivity contribution in [1.82, 2.24) is 4.98 Å². The minimum Gasteiger partial charge on any atom is -0.365 e. The lowest BCUT2D eigenvalue weighted by Gasteiger charge is -2.45. The van der Waals surface area contributed by atoms with Crippen LogP contribution in [0.1, 0.15) is 65.5 Å². The molecule has 1 saturated carbocycles. The normalized spacial score (nSPS) is 23.1. The molecule has 18 heavy (non-hydrogen) atoms. The third-order valence-electron chi connectivity index (χ3n) is 4.36. The monoisotopic (exact) mass is 247 g/mol. The highest BCUT2D eigenvalue weighted by molar-refractivity contribution is 5.03. The van der Waals surface area contributed by atoms with Gasteiger partial charge < -0.3 is 4.98 Å². The zero-order chi connectivity index (χ0) is 13.2. The third kappa shape index (κ3) is 3.90. The molecule has 1 N–H and O–H groups in total. The van der Waals surface area contributed by atoms with Crippen LogP contribution >= 0.6 is 0 Å². The van der Waals surface area contributed by atoms with Gasteiger partial charge in [0.25, 0.3) is 0 Å². The van der Waals surface area contributed by atoms with Crippen LogP contribution in [0.2, 0.25) is 0 Å². The van der Waals surface area contributed by atoms with Crippen molar-refractivity contribution in [3.63, 3.8) is 0 Å². The Morgan fingerprint density at radius 3 is 2.39 bits per heavy atom. The lowest BCUT2D eigenvalue weighted by molar-refractivity contribution is 0.0630. The molecule has 1 fully saturated rings. The quantitative estimate of drug-likeness (QED) is 0.753. The largest absolute Gasteiger partial charge is 0.365 e. The van der Waals surface area contributed by atoms with Gasteiger partial charge in [-0.05, 0) is 61.0 Å². The fourth-order valence-electron chi connectivity index (χ4n) is 4.38. The van der Waals surface area contributed by atoms with Gasteiger partial charge in [0.15, 0.2) is 0 Å². The number of aromatic nitrogens is 1. The van der Waals surface area contributed by atoms with Crippen molar-refractivity contribution in [2.45, 2.75) is 66.2 Å². The molecule has 1 aliphatic carbocycles. The van der Waals surface area contributed by atoms with E-state index in [0.717, 1.165) is 5.92 Å². The molecule has 0 aromatic carbocycles. The van der Waals surface area contributed by atoms with Crippen LogP contribution < -0.4 is 0 Å². The Morgan fingerprint density at radius 2 is 1.83 bits per heavy atom. The van der Waals surface area contributed by atoms with Gasteiger partial charge in [-0.1, -0.05) is 34.1 Å². The van der Waals surface area contributed by atoms with E-state index < -0.39 is 0 Å². The molecular formula is C17H29N. The van der Waals surface area contributed by atoms with Crippen LogP contribution in [-0.4, -0.2) is 4.98 Å². The Labute approximate surface area is 112 Å². The maximum Gasteiger partial charge on any atom is 0.0147 e. The molecule has 102 valence electrons. The van der Waals surface area contributed by atoms with E-state index >= 15 is 0 Å². The molecule has 0 saturated heterocycles. The Hall–Kier alpha value is -0.720. The summed E-state index contributed by atoms with van der Waals surface area (Å²) in [5.74, 6) is 0.929. The molecule has 1 heterocycles. The second-order valence-electron chi connectivity index (χ2n) is 7.87. The van der Waals surface area contributed by atoms with Crippen molar-refractivity contribution in [3.05, 3.63) is 24.0 Å². The van der Waals surface area contributed by atoms with Crippen LogP contribution in [-0.2, 0) is 6.42 Å². The second-order valence-corrected chi connectivity index (χ2v) is 7.87. The summed E-state index contributed by atoms with van der Waals surface area (Å²) in [6.07, 6.45) is 10.2. The molecule has 1 nitrogen and oxygen atoms in total. The molecule has 0 bridgehead atoms. The summed E-state index contributed by atoms with van der Waals surface area (Å²) in [4.78, 5) is 3.31. The van der Waals surface area contributed by atoms with Gasteiger partial charge in [0.1, 0.15) is 0 Å². The summed E-state index contributed by atoms with van der Waals surface area (Å²) in [5.41, 5.74) is 2.47. The average Bonchev–Trinajstić information content (AvgIpc) is 2.65. The van der Waals surface area contributed by atoms with E-state index in [0.29, 0.717) is 10.8 Å². The Morgan fingerprint density at radius 1 is 1.17 bits per heavy atom. The molecule has 2 rings (SSSR count). The molecule has 0 radical (unpaired) electrons. The summed E-state index contributed by atoms with van der Waals surface area (Å²) >= 11 is 0. The standard InChI is InChI=1S/C17H29N/c1-16(2)11-14(12-17(3,4)13-16)7-5-8-15-9-6-10-18-15/h6,9-10,14,18H,5,7-8,11-13H2,1-4H3. The van der Waals surface area contributed by atoms with Crippen LogP contribution in [0.3, 0.4) is 0 Å². The topological polar surface area (TPSA) is 15.8 Å². The maximum atomic E-state index is 3.31. The first-order valence-corrected chi connectivity index (χ1v) is 7.49. The number of nitrogens with one attached hydrogen (secondary N) is 1. The van der Waals surface area contributed by atoms with E-state index in [-0.39, 0.29) is 0 Å². The Kier molecular flexibility index (Phi) is 3.89. The van der Waals surface area contributed by atoms with Gasteiger partial charge in [-0.2, -0.15) is 0 Å². The zero-order valence-corrected chi connectivity index (χ0v) is 12.6. The van der Waals surface area contributed by atoms with Crippen molar-refractivity contribution >= 4 is 0 Å². The number of hydrogen-bond acceptors (Lipinski definition) is 0. The number of hydrogen-bond donors (Lipinski definition) is 1. The van der Waals surface area contributed by atoms with Crippen molar-refractivity contribution in [2.75, 3.05) is 0 Å². The van der Waals surface area contributed by atoms with Crippen LogP contribution in [0.5, 0.6) is 0 Å². The number of H-pyrrole nitrogens is 1. The van der Waals surface area contributed by atoms with Crippen LogP contribution in [0.25, 0.3) is 0 Å². The highest BCUT2D eigenvalue weighted by atomic mass is 14.7. The summed E-state index contributed by atoms with van der Waals surface area (Å²) in [6.45, 7) is 9.80. The van der Waals surface area contributed by atoms with E-state index in [1.165, 1.54) is 44.2 Å². The van der Waals surface area contributed by atoms with Gasteiger partial charge in [-0.25, -0.2) is 0 Å². The number of rotatable bonds is 4. The minimum atomic E-state index is 0.541. The summed E-state index contributed by atoms with van der Waals surface area (Å²) < 4.78 is 0. The van der Waals surface area contributed by atoms with E-state index in [9.17, 15) is 0 Å². The van der Waals surface area contributed by atoms with Gasteiger partial charge >= 0.3 is 0 Å². The fraction of sp³-hybridized carbons (Fsp3) is 0.765. The molecule has 0 unspecified atom stereocenters. The SMILES string of the molecule is CC1(C)CC(CCCc2ccc[nH]2)CC(C)(C)C1. The second kappa shape index (κ2) is 5.11. The zero-order valence-electron chi connectivity index (χ0n) is 12.6. The van der Waals surface area contributed by atoms with E-state index in [1.807, 2.05) is 6.20 Å². The van der Waals surface area contributed by atoms with Gasteiger partial charge in [-0.15, -0.1) is 0 Å². The molecule has 1 aromatic rings. The van der Waals surface area contributed by atoms with E-state index in [2.05, 4.69) is 44.8 Å². The first kappa shape index (κ1) is 13.7. The van der Waals surface area contributed by atoms with Gasteiger partial charge in [0, 0.05) is 11.9 Å².